The topological polar surface area (TPSA) is 67.4 Å². The molecule has 0 radical (unpaired) electrons. The van der Waals surface area contributed by atoms with Crippen LogP contribution in [0.15, 0.2) is 24.3 Å². The third-order valence-corrected chi connectivity index (χ3v) is 3.51. The van der Waals surface area contributed by atoms with Crippen LogP contribution in [0.1, 0.15) is 10.4 Å². The highest BCUT2D eigenvalue weighted by atomic mass is 19.2. The first-order valence-corrected chi connectivity index (χ1v) is 7.17. The predicted octanol–water partition coefficient (Wildman–Crippen LogP) is 1.98. The molecule has 1 saturated heterocycles. The zero-order chi connectivity index (χ0) is 17.1. The van der Waals surface area contributed by atoms with Crippen LogP contribution < -0.4 is 10.2 Å². The molecule has 3 rings (SSSR count). The van der Waals surface area contributed by atoms with Crippen LogP contribution in [0.2, 0.25) is 0 Å². The van der Waals surface area contributed by atoms with E-state index in [2.05, 4.69) is 15.5 Å². The lowest BCUT2D eigenvalue weighted by Crippen LogP contribution is -2.36. The highest BCUT2D eigenvalue weighted by molar-refractivity contribution is 6.03. The Morgan fingerprint density at radius 3 is 2.46 bits per heavy atom. The van der Waals surface area contributed by atoms with Gasteiger partial charge >= 0.3 is 0 Å². The Hall–Kier alpha value is -2.68. The number of nitrogens with one attached hydrogen (secondary N) is 1. The number of rotatable bonds is 3. The first-order chi connectivity index (χ1) is 11.6. The number of hydrogen-bond donors (Lipinski definition) is 1. The molecule has 0 aliphatic carbocycles. The third kappa shape index (κ3) is 3.30. The van der Waals surface area contributed by atoms with Gasteiger partial charge in [0.25, 0.3) is 5.91 Å². The van der Waals surface area contributed by atoms with Gasteiger partial charge < -0.3 is 15.0 Å². The molecule has 1 aromatic carbocycles. The summed E-state index contributed by atoms with van der Waals surface area (Å²) >= 11 is 0. The van der Waals surface area contributed by atoms with Gasteiger partial charge in [-0.25, -0.2) is 13.2 Å². The van der Waals surface area contributed by atoms with E-state index in [0.29, 0.717) is 38.2 Å². The van der Waals surface area contributed by atoms with Gasteiger partial charge in [-0.3, -0.25) is 4.79 Å². The van der Waals surface area contributed by atoms with Crippen molar-refractivity contribution in [2.24, 2.45) is 0 Å². The number of carbonyl (C=O) groups is 1. The molecule has 2 aromatic rings. The molecule has 1 aromatic heterocycles. The molecule has 24 heavy (non-hydrogen) atoms. The number of amides is 1. The Balaban J connectivity index is 1.72. The van der Waals surface area contributed by atoms with Crippen LogP contribution in [0.5, 0.6) is 0 Å². The van der Waals surface area contributed by atoms with Crippen LogP contribution in [0, 0.1) is 17.5 Å². The van der Waals surface area contributed by atoms with Crippen LogP contribution in [0.3, 0.4) is 0 Å². The number of ether oxygens (including phenoxy) is 1. The van der Waals surface area contributed by atoms with Crippen LogP contribution in [0.25, 0.3) is 0 Å². The summed E-state index contributed by atoms with van der Waals surface area (Å²) in [6, 6.07) is 4.68. The number of halogens is 3. The van der Waals surface area contributed by atoms with Gasteiger partial charge in [0.05, 0.1) is 18.8 Å². The Kier molecular flexibility index (Phi) is 4.61. The van der Waals surface area contributed by atoms with Gasteiger partial charge in [0.2, 0.25) is 0 Å². The molecule has 9 heteroatoms. The van der Waals surface area contributed by atoms with Gasteiger partial charge in [0.15, 0.2) is 29.1 Å². The minimum absolute atomic E-state index is 0.0705. The molecule has 0 spiro atoms. The molecule has 1 aliphatic rings. The molecule has 6 nitrogen and oxygen atoms in total. The summed E-state index contributed by atoms with van der Waals surface area (Å²) in [5.74, 6) is -4.86. The maximum atomic E-state index is 13.6. The van der Waals surface area contributed by atoms with Gasteiger partial charge in [-0.1, -0.05) is 0 Å². The second-order valence-electron chi connectivity index (χ2n) is 5.05. The summed E-state index contributed by atoms with van der Waals surface area (Å²) in [4.78, 5) is 13.9. The average molecular weight is 338 g/mol. The van der Waals surface area contributed by atoms with Crippen LogP contribution in [-0.4, -0.2) is 42.4 Å². The molecule has 1 amide bonds. The fraction of sp³-hybridized carbons (Fsp3) is 0.267. The number of anilines is 2. The summed E-state index contributed by atoms with van der Waals surface area (Å²) in [7, 11) is 0. The van der Waals surface area contributed by atoms with Crippen molar-refractivity contribution >= 4 is 17.5 Å². The van der Waals surface area contributed by atoms with Gasteiger partial charge in [0.1, 0.15) is 0 Å². The van der Waals surface area contributed by atoms with E-state index >= 15 is 0 Å². The fourth-order valence-corrected chi connectivity index (χ4v) is 2.24. The van der Waals surface area contributed by atoms with E-state index in [1.807, 2.05) is 4.90 Å². The van der Waals surface area contributed by atoms with Gasteiger partial charge in [-0.15, -0.1) is 10.2 Å². The van der Waals surface area contributed by atoms with Crippen molar-refractivity contribution in [3.63, 3.8) is 0 Å². The van der Waals surface area contributed by atoms with E-state index < -0.39 is 28.9 Å². The number of morpholine rings is 1. The lowest BCUT2D eigenvalue weighted by atomic mass is 10.2. The average Bonchev–Trinajstić information content (AvgIpc) is 2.61. The third-order valence-electron chi connectivity index (χ3n) is 3.51. The molecular formula is C15H13F3N4O2. The minimum Gasteiger partial charge on any atom is -0.378 e. The van der Waals surface area contributed by atoms with E-state index in [1.54, 1.807) is 6.07 Å². The number of nitrogens with zero attached hydrogens (tertiary/aromatic N) is 3. The standard InChI is InChI=1S/C15H13F3N4O2/c16-10-2-1-9(13(17)14(10)18)15(23)19-11-3-4-12(21-20-11)22-5-7-24-8-6-22/h1-4H,5-8H2,(H,19,20,23). The Morgan fingerprint density at radius 2 is 1.79 bits per heavy atom. The molecule has 126 valence electrons. The number of aromatic nitrogens is 2. The van der Waals surface area contributed by atoms with Crippen LogP contribution in [-0.2, 0) is 4.74 Å². The largest absolute Gasteiger partial charge is 0.378 e. The quantitative estimate of drug-likeness (QED) is 0.867. The summed E-state index contributed by atoms with van der Waals surface area (Å²) in [5, 5.41) is 10.1. The Labute approximate surface area is 135 Å². The smallest absolute Gasteiger partial charge is 0.259 e. The summed E-state index contributed by atoms with van der Waals surface area (Å²) in [6.45, 7) is 2.55. The SMILES string of the molecule is O=C(Nc1ccc(N2CCOCC2)nn1)c1ccc(F)c(F)c1F. The van der Waals surface area contributed by atoms with Gasteiger partial charge in [0, 0.05) is 13.1 Å². The molecule has 1 aliphatic heterocycles. The van der Waals surface area contributed by atoms with Crippen LogP contribution in [0.4, 0.5) is 24.8 Å². The van der Waals surface area contributed by atoms with Gasteiger partial charge in [-0.05, 0) is 24.3 Å². The highest BCUT2D eigenvalue weighted by Gasteiger charge is 2.19. The predicted molar refractivity (Wildman–Crippen MR) is 79.3 cm³/mol. The van der Waals surface area contributed by atoms with E-state index in [0.717, 1.165) is 6.07 Å². The second kappa shape index (κ2) is 6.83. The van der Waals surface area contributed by atoms with Crippen molar-refractivity contribution in [2.45, 2.75) is 0 Å². The molecule has 0 atom stereocenters. The highest BCUT2D eigenvalue weighted by Crippen LogP contribution is 2.17. The van der Waals surface area contributed by atoms with Crippen molar-refractivity contribution in [3.05, 3.63) is 47.3 Å². The zero-order valence-electron chi connectivity index (χ0n) is 12.4. The zero-order valence-corrected chi connectivity index (χ0v) is 12.4. The first-order valence-electron chi connectivity index (χ1n) is 7.17. The van der Waals surface area contributed by atoms with Crippen molar-refractivity contribution in [1.82, 2.24) is 10.2 Å². The van der Waals surface area contributed by atoms with Crippen LogP contribution >= 0.6 is 0 Å². The molecule has 2 heterocycles. The molecule has 0 saturated carbocycles. The number of carbonyl (C=O) groups excluding carboxylic acids is 1. The maximum Gasteiger partial charge on any atom is 0.259 e. The van der Waals surface area contributed by atoms with E-state index in [1.165, 1.54) is 6.07 Å². The van der Waals surface area contributed by atoms with Crippen molar-refractivity contribution < 1.29 is 22.7 Å². The summed E-state index contributed by atoms with van der Waals surface area (Å²) < 4.78 is 44.9. The molecule has 0 unspecified atom stereocenters. The van der Waals surface area contributed by atoms with Crippen molar-refractivity contribution in [2.75, 3.05) is 36.5 Å². The second-order valence-corrected chi connectivity index (χ2v) is 5.05. The van der Waals surface area contributed by atoms with E-state index in [4.69, 9.17) is 4.74 Å². The number of benzene rings is 1. The summed E-state index contributed by atoms with van der Waals surface area (Å²) in [6.07, 6.45) is 0. The van der Waals surface area contributed by atoms with E-state index in [-0.39, 0.29) is 5.82 Å². The normalized spacial score (nSPS) is 14.5. The summed E-state index contributed by atoms with van der Waals surface area (Å²) in [5.41, 5.74) is -0.618. The lowest BCUT2D eigenvalue weighted by molar-refractivity contribution is 0.102. The van der Waals surface area contributed by atoms with Crippen molar-refractivity contribution in [1.29, 1.82) is 0 Å². The van der Waals surface area contributed by atoms with E-state index in [9.17, 15) is 18.0 Å². The van der Waals surface area contributed by atoms with Gasteiger partial charge in [-0.2, -0.15) is 0 Å². The molecule has 1 fully saturated rings. The van der Waals surface area contributed by atoms with Crippen molar-refractivity contribution in [3.8, 4) is 0 Å². The monoisotopic (exact) mass is 338 g/mol. The maximum absolute atomic E-state index is 13.6. The molecule has 1 N–H and O–H groups in total. The Bertz CT molecular complexity index is 749. The minimum atomic E-state index is -1.70. The fourth-order valence-electron chi connectivity index (χ4n) is 2.24. The molecule has 0 bridgehead atoms. The molecular weight excluding hydrogens is 325 g/mol. The Morgan fingerprint density at radius 1 is 1.04 bits per heavy atom. The number of hydrogen-bond acceptors (Lipinski definition) is 5. The lowest BCUT2D eigenvalue weighted by Gasteiger charge is -2.27. The first kappa shape index (κ1) is 16.2.